The van der Waals surface area contributed by atoms with Gasteiger partial charge in [-0.25, -0.2) is 4.98 Å². The minimum absolute atomic E-state index is 0.920. The van der Waals surface area contributed by atoms with Crippen LogP contribution in [0, 0.1) is 6.92 Å². The lowest BCUT2D eigenvalue weighted by atomic mass is 10.1. The molecule has 26 heavy (non-hydrogen) atoms. The molecule has 0 atom stereocenters. The summed E-state index contributed by atoms with van der Waals surface area (Å²) in [6.45, 7) is 2.02. The summed E-state index contributed by atoms with van der Waals surface area (Å²) >= 11 is 0. The van der Waals surface area contributed by atoms with Crippen LogP contribution in [-0.2, 0) is 0 Å². The van der Waals surface area contributed by atoms with Gasteiger partial charge in [0.15, 0.2) is 0 Å². The van der Waals surface area contributed by atoms with Crippen LogP contribution in [0.1, 0.15) is 5.69 Å². The molecule has 0 aliphatic rings. The molecule has 0 saturated heterocycles. The van der Waals surface area contributed by atoms with Gasteiger partial charge in [0.25, 0.3) is 0 Å². The first-order valence-electron chi connectivity index (χ1n) is 8.75. The summed E-state index contributed by atoms with van der Waals surface area (Å²) in [4.78, 5) is 6.92. The fraction of sp³-hybridized carbons (Fsp3) is 0.0417. The molecular weight excluding hydrogens is 316 g/mol. The quantitative estimate of drug-likeness (QED) is 0.421. The lowest BCUT2D eigenvalue weighted by Gasteiger charge is -2.24. The molecule has 0 bridgehead atoms. The summed E-state index contributed by atoms with van der Waals surface area (Å²) in [7, 11) is 0. The SMILES string of the molecule is Cc1cccc(N(c2ccccc2)c2ccc(-c3ccccc3)cc2)n1. The van der Waals surface area contributed by atoms with Crippen molar-refractivity contribution in [1.29, 1.82) is 0 Å². The Labute approximate surface area is 154 Å². The highest BCUT2D eigenvalue weighted by molar-refractivity contribution is 5.76. The zero-order valence-corrected chi connectivity index (χ0v) is 14.7. The molecule has 0 unspecified atom stereocenters. The summed E-state index contributed by atoms with van der Waals surface area (Å²) in [5.74, 6) is 0.920. The van der Waals surface area contributed by atoms with Crippen LogP contribution in [0.3, 0.4) is 0 Å². The van der Waals surface area contributed by atoms with Crippen molar-refractivity contribution in [2.75, 3.05) is 4.90 Å². The molecule has 1 heterocycles. The summed E-state index contributed by atoms with van der Waals surface area (Å²) < 4.78 is 0. The maximum atomic E-state index is 4.73. The number of benzene rings is 3. The minimum atomic E-state index is 0.920. The molecular formula is C24H20N2. The number of rotatable bonds is 4. The number of aromatic nitrogens is 1. The first-order chi connectivity index (χ1) is 12.8. The van der Waals surface area contributed by atoms with Crippen LogP contribution in [0.15, 0.2) is 103 Å². The zero-order valence-electron chi connectivity index (χ0n) is 14.7. The first kappa shape index (κ1) is 16.1. The van der Waals surface area contributed by atoms with Gasteiger partial charge in [0, 0.05) is 17.1 Å². The average molecular weight is 336 g/mol. The summed E-state index contributed by atoms with van der Waals surface area (Å²) in [6.07, 6.45) is 0. The van der Waals surface area contributed by atoms with E-state index in [1.54, 1.807) is 0 Å². The molecule has 2 heteroatoms. The Hall–Kier alpha value is -3.39. The van der Waals surface area contributed by atoms with E-state index in [0.29, 0.717) is 0 Å². The summed E-state index contributed by atoms with van der Waals surface area (Å²) in [5.41, 5.74) is 5.62. The number of anilines is 3. The molecule has 0 saturated carbocycles. The highest BCUT2D eigenvalue weighted by Crippen LogP contribution is 2.34. The van der Waals surface area contributed by atoms with Gasteiger partial charge >= 0.3 is 0 Å². The molecule has 3 aromatic carbocycles. The molecule has 1 aromatic heterocycles. The summed E-state index contributed by atoms with van der Waals surface area (Å²) in [6, 6.07) is 35.5. The van der Waals surface area contributed by atoms with Gasteiger partial charge in [0.05, 0.1) is 0 Å². The fourth-order valence-corrected chi connectivity index (χ4v) is 3.08. The van der Waals surface area contributed by atoms with Crippen molar-refractivity contribution >= 4 is 17.2 Å². The van der Waals surface area contributed by atoms with Crippen molar-refractivity contribution < 1.29 is 0 Å². The number of hydrogen-bond donors (Lipinski definition) is 0. The van der Waals surface area contributed by atoms with Crippen molar-refractivity contribution in [3.8, 4) is 11.1 Å². The van der Waals surface area contributed by atoms with Crippen molar-refractivity contribution in [2.45, 2.75) is 6.92 Å². The van der Waals surface area contributed by atoms with Gasteiger partial charge < -0.3 is 0 Å². The average Bonchev–Trinajstić information content (AvgIpc) is 2.70. The highest BCUT2D eigenvalue weighted by Gasteiger charge is 2.13. The number of para-hydroxylation sites is 1. The molecule has 0 N–H and O–H groups in total. The Morgan fingerprint density at radius 2 is 1.12 bits per heavy atom. The lowest BCUT2D eigenvalue weighted by Crippen LogP contribution is -2.11. The Kier molecular flexibility index (Phi) is 4.48. The van der Waals surface area contributed by atoms with Crippen molar-refractivity contribution in [2.24, 2.45) is 0 Å². The number of pyridine rings is 1. The van der Waals surface area contributed by atoms with E-state index in [2.05, 4.69) is 77.7 Å². The highest BCUT2D eigenvalue weighted by atomic mass is 15.2. The second-order valence-corrected chi connectivity index (χ2v) is 6.22. The smallest absolute Gasteiger partial charge is 0.137 e. The molecule has 0 amide bonds. The van der Waals surface area contributed by atoms with Crippen LogP contribution in [0.25, 0.3) is 11.1 Å². The van der Waals surface area contributed by atoms with E-state index in [1.165, 1.54) is 11.1 Å². The molecule has 0 aliphatic carbocycles. The monoisotopic (exact) mass is 336 g/mol. The number of hydrogen-bond acceptors (Lipinski definition) is 2. The number of nitrogens with zero attached hydrogens (tertiary/aromatic N) is 2. The summed E-state index contributed by atoms with van der Waals surface area (Å²) in [5, 5.41) is 0. The van der Waals surface area contributed by atoms with Crippen molar-refractivity contribution in [1.82, 2.24) is 4.98 Å². The minimum Gasteiger partial charge on any atom is -0.295 e. The van der Waals surface area contributed by atoms with Gasteiger partial charge in [-0.2, -0.15) is 0 Å². The maximum absolute atomic E-state index is 4.73. The van der Waals surface area contributed by atoms with Gasteiger partial charge in [-0.05, 0) is 54.4 Å². The van der Waals surface area contributed by atoms with Gasteiger partial charge in [-0.1, -0.05) is 66.7 Å². The van der Waals surface area contributed by atoms with E-state index in [9.17, 15) is 0 Å². The fourth-order valence-electron chi connectivity index (χ4n) is 3.08. The molecule has 0 fully saturated rings. The molecule has 126 valence electrons. The Balaban J connectivity index is 1.77. The molecule has 4 aromatic rings. The van der Waals surface area contributed by atoms with Crippen LogP contribution in [0.5, 0.6) is 0 Å². The van der Waals surface area contributed by atoms with Crippen LogP contribution >= 0.6 is 0 Å². The van der Waals surface area contributed by atoms with E-state index in [4.69, 9.17) is 4.98 Å². The second-order valence-electron chi connectivity index (χ2n) is 6.22. The van der Waals surface area contributed by atoms with Crippen LogP contribution in [0.2, 0.25) is 0 Å². The van der Waals surface area contributed by atoms with E-state index in [-0.39, 0.29) is 0 Å². The zero-order chi connectivity index (χ0) is 17.8. The number of aryl methyl sites for hydroxylation is 1. The lowest BCUT2D eigenvalue weighted by molar-refractivity contribution is 1.13. The Bertz CT molecular complexity index is 977. The van der Waals surface area contributed by atoms with E-state index in [0.717, 1.165) is 22.9 Å². The first-order valence-corrected chi connectivity index (χ1v) is 8.75. The van der Waals surface area contributed by atoms with Crippen LogP contribution in [-0.4, -0.2) is 4.98 Å². The van der Waals surface area contributed by atoms with Gasteiger partial charge in [0.2, 0.25) is 0 Å². The third-order valence-electron chi connectivity index (χ3n) is 4.35. The third-order valence-corrected chi connectivity index (χ3v) is 4.35. The predicted octanol–water partition coefficient (Wildman–Crippen LogP) is 6.53. The largest absolute Gasteiger partial charge is 0.295 e. The van der Waals surface area contributed by atoms with E-state index < -0.39 is 0 Å². The maximum Gasteiger partial charge on any atom is 0.137 e. The van der Waals surface area contributed by atoms with Gasteiger partial charge in [-0.3, -0.25) is 4.90 Å². The van der Waals surface area contributed by atoms with Crippen LogP contribution < -0.4 is 4.90 Å². The van der Waals surface area contributed by atoms with Gasteiger partial charge in [-0.15, -0.1) is 0 Å². The normalized spacial score (nSPS) is 10.5. The van der Waals surface area contributed by atoms with Gasteiger partial charge in [0.1, 0.15) is 5.82 Å². The predicted molar refractivity (Wildman–Crippen MR) is 109 cm³/mol. The van der Waals surface area contributed by atoms with Crippen molar-refractivity contribution in [3.63, 3.8) is 0 Å². The molecule has 0 spiro atoms. The second kappa shape index (κ2) is 7.24. The van der Waals surface area contributed by atoms with Crippen molar-refractivity contribution in [3.05, 3.63) is 109 Å². The molecule has 4 rings (SSSR count). The van der Waals surface area contributed by atoms with Crippen LogP contribution in [0.4, 0.5) is 17.2 Å². The van der Waals surface area contributed by atoms with E-state index >= 15 is 0 Å². The van der Waals surface area contributed by atoms with E-state index in [1.807, 2.05) is 37.3 Å². The standard InChI is InChI=1S/C24H20N2/c1-19-9-8-14-24(25-19)26(22-12-6-3-7-13-22)23-17-15-21(16-18-23)20-10-4-2-5-11-20/h2-18H,1H3. The molecule has 2 nitrogen and oxygen atoms in total. The third kappa shape index (κ3) is 3.35. The Morgan fingerprint density at radius 1 is 0.538 bits per heavy atom. The molecule has 0 radical (unpaired) electrons. The molecule has 0 aliphatic heterocycles. The Morgan fingerprint density at radius 3 is 1.77 bits per heavy atom. The topological polar surface area (TPSA) is 16.1 Å².